The topological polar surface area (TPSA) is 102 Å². The van der Waals surface area contributed by atoms with Gasteiger partial charge in [-0.2, -0.15) is 0 Å². The highest BCUT2D eigenvalue weighted by Crippen LogP contribution is 2.47. The SMILES string of the molecule is O=C1CCC(N2Cc3cc(CCN4CCCN(CCCCCc5ccc(Oc6c(-c7ccc(Br)cc7)sc7cc(O)ccc67)cc5)CC4)ccc3C2=O)C(=O)N1. The molecule has 1 atom stereocenters. The number of piperidine rings is 1. The van der Waals surface area contributed by atoms with Crippen molar-refractivity contribution in [1.29, 1.82) is 0 Å². The van der Waals surface area contributed by atoms with Crippen LogP contribution in [0.1, 0.15) is 65.6 Å². The van der Waals surface area contributed by atoms with Crippen LogP contribution in [-0.4, -0.2) is 82.8 Å². The number of fused-ring (bicyclic) bond motifs is 2. The average Bonchev–Trinajstić information content (AvgIpc) is 3.60. The number of aromatic hydroxyl groups is 1. The number of carbonyl (C=O) groups excluding carboxylic acids is 3. The van der Waals surface area contributed by atoms with E-state index in [1.807, 2.05) is 24.3 Å². The van der Waals surface area contributed by atoms with Crippen molar-refractivity contribution < 1.29 is 24.2 Å². The number of halogens is 1. The molecule has 9 nitrogen and oxygen atoms in total. The third-order valence-electron chi connectivity index (χ3n) is 11.3. The molecule has 4 heterocycles. The van der Waals surface area contributed by atoms with Crippen LogP contribution in [-0.2, 0) is 29.0 Å². The molecule has 3 amide bonds. The number of unbranched alkanes of at least 4 members (excludes halogenated alkanes) is 2. The van der Waals surface area contributed by atoms with E-state index < -0.39 is 6.04 Å². The molecule has 4 aromatic carbocycles. The average molecular weight is 836 g/mol. The van der Waals surface area contributed by atoms with Gasteiger partial charge in [-0.3, -0.25) is 19.7 Å². The van der Waals surface area contributed by atoms with E-state index in [9.17, 15) is 19.5 Å². The Kier molecular flexibility index (Phi) is 11.8. The number of carbonyl (C=O) groups is 3. The van der Waals surface area contributed by atoms with Crippen molar-refractivity contribution in [1.82, 2.24) is 20.0 Å². The van der Waals surface area contributed by atoms with Crippen LogP contribution in [0.4, 0.5) is 0 Å². The van der Waals surface area contributed by atoms with Crippen LogP contribution >= 0.6 is 27.3 Å². The Labute approximate surface area is 340 Å². The molecule has 5 aromatic rings. The summed E-state index contributed by atoms with van der Waals surface area (Å²) in [7, 11) is 0. The van der Waals surface area contributed by atoms with Crippen LogP contribution < -0.4 is 10.1 Å². The number of phenols is 1. The first-order valence-electron chi connectivity index (χ1n) is 19.8. The van der Waals surface area contributed by atoms with Crippen LogP contribution in [0.15, 0.2) is 89.4 Å². The number of nitrogens with zero attached hydrogens (tertiary/aromatic N) is 3. The Bertz CT molecular complexity index is 2220. The van der Waals surface area contributed by atoms with Gasteiger partial charge < -0.3 is 24.5 Å². The summed E-state index contributed by atoms with van der Waals surface area (Å²) in [6.45, 7) is 6.93. The lowest BCUT2D eigenvalue weighted by atomic mass is 10.0. The molecule has 11 heteroatoms. The number of rotatable bonds is 13. The lowest BCUT2D eigenvalue weighted by Gasteiger charge is -2.29. The molecular weight excluding hydrogens is 788 g/mol. The van der Waals surface area contributed by atoms with Gasteiger partial charge in [-0.25, -0.2) is 0 Å². The van der Waals surface area contributed by atoms with Gasteiger partial charge in [-0.1, -0.05) is 58.7 Å². The smallest absolute Gasteiger partial charge is 0.255 e. The van der Waals surface area contributed by atoms with Crippen molar-refractivity contribution in [3.05, 3.63) is 112 Å². The molecule has 3 aliphatic rings. The van der Waals surface area contributed by atoms with Crippen molar-refractivity contribution in [2.75, 3.05) is 39.3 Å². The normalized spacial score (nSPS) is 18.0. The fourth-order valence-electron chi connectivity index (χ4n) is 8.18. The molecule has 0 bridgehead atoms. The molecule has 2 fully saturated rings. The predicted molar refractivity (Wildman–Crippen MR) is 224 cm³/mol. The standard InChI is InChI=1S/C45H47BrN4O5S/c46-34-11-9-32(10-12-34)43-42(38-17-13-35(51)28-40(38)56-43)55-36-14-6-30(7-15-36)5-2-1-3-21-48-22-4-23-49(26-25-48)24-20-31-8-16-37-33(27-31)29-50(45(37)54)39-18-19-41(52)47-44(39)53/h6-17,27-28,39,51H,1-5,18-26,29H2,(H,47,52,53). The van der Waals surface area contributed by atoms with Gasteiger partial charge in [0.15, 0.2) is 5.75 Å². The van der Waals surface area contributed by atoms with Crippen molar-refractivity contribution in [3.8, 4) is 27.7 Å². The second kappa shape index (κ2) is 17.3. The minimum absolute atomic E-state index is 0.118. The molecule has 0 radical (unpaired) electrons. The van der Waals surface area contributed by atoms with E-state index in [0.717, 1.165) is 101 Å². The quantitative estimate of drug-likeness (QED) is 0.0906. The minimum atomic E-state index is -0.578. The van der Waals surface area contributed by atoms with Gasteiger partial charge in [0, 0.05) is 52.7 Å². The molecule has 2 N–H and O–H groups in total. The summed E-state index contributed by atoms with van der Waals surface area (Å²) in [6.07, 6.45) is 7.35. The van der Waals surface area contributed by atoms with E-state index in [4.69, 9.17) is 4.74 Å². The van der Waals surface area contributed by atoms with Gasteiger partial charge in [0.05, 0.1) is 4.88 Å². The molecule has 3 aliphatic heterocycles. The van der Waals surface area contributed by atoms with Crippen LogP contribution in [0, 0.1) is 0 Å². The number of aryl methyl sites for hydroxylation is 1. The summed E-state index contributed by atoms with van der Waals surface area (Å²) in [5.41, 5.74) is 5.26. The highest BCUT2D eigenvalue weighted by Gasteiger charge is 2.39. The Morgan fingerprint density at radius 2 is 1.57 bits per heavy atom. The summed E-state index contributed by atoms with van der Waals surface area (Å²) in [4.78, 5) is 44.9. The summed E-state index contributed by atoms with van der Waals surface area (Å²) >= 11 is 5.16. The maximum Gasteiger partial charge on any atom is 0.255 e. The second-order valence-corrected chi connectivity index (χ2v) is 17.2. The van der Waals surface area contributed by atoms with Gasteiger partial charge in [0.1, 0.15) is 17.5 Å². The number of hydrogen-bond acceptors (Lipinski definition) is 8. The third kappa shape index (κ3) is 8.86. The van der Waals surface area contributed by atoms with Crippen molar-refractivity contribution in [2.45, 2.75) is 64.0 Å². The number of hydrogen-bond donors (Lipinski definition) is 2. The highest BCUT2D eigenvalue weighted by molar-refractivity contribution is 9.10. The van der Waals surface area contributed by atoms with Gasteiger partial charge in [0.25, 0.3) is 5.91 Å². The van der Waals surface area contributed by atoms with Crippen molar-refractivity contribution in [3.63, 3.8) is 0 Å². The van der Waals surface area contributed by atoms with Crippen LogP contribution in [0.3, 0.4) is 0 Å². The Hall–Kier alpha value is -4.55. The number of nitrogens with one attached hydrogen (secondary N) is 1. The number of thiophene rings is 1. The number of phenolic OH excluding ortho intramolecular Hbond substituents is 1. The molecule has 2 saturated heterocycles. The maximum atomic E-state index is 13.1. The van der Waals surface area contributed by atoms with Crippen molar-refractivity contribution >= 4 is 55.1 Å². The van der Waals surface area contributed by atoms with E-state index in [-0.39, 0.29) is 29.9 Å². The molecule has 290 valence electrons. The number of benzene rings is 4. The predicted octanol–water partition coefficient (Wildman–Crippen LogP) is 8.55. The molecular formula is C45H47BrN4O5S. The molecule has 1 aromatic heterocycles. The summed E-state index contributed by atoms with van der Waals surface area (Å²) in [6, 6.07) is 27.7. The first kappa shape index (κ1) is 38.3. The zero-order valence-corrected chi connectivity index (χ0v) is 33.9. The Morgan fingerprint density at radius 3 is 2.36 bits per heavy atom. The lowest BCUT2D eigenvalue weighted by molar-refractivity contribution is -0.136. The fraction of sp³-hybridized carbons (Fsp3) is 0.356. The summed E-state index contributed by atoms with van der Waals surface area (Å²) in [5.74, 6) is 1.11. The van der Waals surface area contributed by atoms with Crippen molar-refractivity contribution in [2.24, 2.45) is 0 Å². The van der Waals surface area contributed by atoms with E-state index in [1.54, 1.807) is 28.4 Å². The summed E-state index contributed by atoms with van der Waals surface area (Å²) in [5, 5.41) is 13.5. The first-order chi connectivity index (χ1) is 27.3. The van der Waals surface area contributed by atoms with E-state index in [0.29, 0.717) is 18.5 Å². The monoisotopic (exact) mass is 834 g/mol. The van der Waals surface area contributed by atoms with Crippen LogP contribution in [0.2, 0.25) is 0 Å². The largest absolute Gasteiger partial charge is 0.508 e. The van der Waals surface area contributed by atoms with E-state index >= 15 is 0 Å². The van der Waals surface area contributed by atoms with Crippen LogP contribution in [0.25, 0.3) is 20.5 Å². The van der Waals surface area contributed by atoms with E-state index in [1.165, 1.54) is 30.4 Å². The fourth-order valence-corrected chi connectivity index (χ4v) is 9.61. The lowest BCUT2D eigenvalue weighted by Crippen LogP contribution is -2.52. The molecule has 56 heavy (non-hydrogen) atoms. The number of amides is 3. The highest BCUT2D eigenvalue weighted by atomic mass is 79.9. The zero-order chi connectivity index (χ0) is 38.6. The van der Waals surface area contributed by atoms with Crippen LogP contribution in [0.5, 0.6) is 17.2 Å². The number of imide groups is 1. The summed E-state index contributed by atoms with van der Waals surface area (Å²) < 4.78 is 8.55. The Morgan fingerprint density at radius 1 is 0.804 bits per heavy atom. The molecule has 0 spiro atoms. The second-order valence-electron chi connectivity index (χ2n) is 15.2. The molecule has 1 unspecified atom stereocenters. The first-order valence-corrected chi connectivity index (χ1v) is 21.4. The molecule has 0 saturated carbocycles. The molecule has 0 aliphatic carbocycles. The molecule has 8 rings (SSSR count). The number of ether oxygens (including phenoxy) is 1. The van der Waals surface area contributed by atoms with Gasteiger partial charge in [-0.15, -0.1) is 11.3 Å². The third-order valence-corrected chi connectivity index (χ3v) is 13.0. The minimum Gasteiger partial charge on any atom is -0.508 e. The Balaban J connectivity index is 0.760. The van der Waals surface area contributed by atoms with Gasteiger partial charge in [-0.05, 0) is 129 Å². The van der Waals surface area contributed by atoms with Gasteiger partial charge >= 0.3 is 0 Å². The van der Waals surface area contributed by atoms with E-state index in [2.05, 4.69) is 79.6 Å². The maximum absolute atomic E-state index is 13.1. The van der Waals surface area contributed by atoms with Gasteiger partial charge in [0.2, 0.25) is 11.8 Å². The zero-order valence-electron chi connectivity index (χ0n) is 31.5.